The standard InChI is InChI=1S/C15H17N3O3S2/c1-9-12(10-7-5-6-8-11(10)22-9)23(19,20)18-14-16-13(21-17-14)15(2,3)4/h5-8H,1-4H3,(H,17,18). The van der Waals surface area contributed by atoms with Crippen LogP contribution in [-0.4, -0.2) is 18.6 Å². The maximum atomic E-state index is 12.7. The zero-order valence-electron chi connectivity index (χ0n) is 13.2. The van der Waals surface area contributed by atoms with Gasteiger partial charge in [0.05, 0.1) is 0 Å². The maximum absolute atomic E-state index is 12.7. The van der Waals surface area contributed by atoms with Crippen LogP contribution in [0, 0.1) is 6.92 Å². The lowest BCUT2D eigenvalue weighted by molar-refractivity contribution is 0.321. The molecule has 1 N–H and O–H groups in total. The van der Waals surface area contributed by atoms with Gasteiger partial charge in [0.15, 0.2) is 0 Å². The number of fused-ring (bicyclic) bond motifs is 1. The van der Waals surface area contributed by atoms with E-state index >= 15 is 0 Å². The summed E-state index contributed by atoms with van der Waals surface area (Å²) in [6, 6.07) is 7.40. The number of nitrogens with zero attached hydrogens (tertiary/aromatic N) is 2. The van der Waals surface area contributed by atoms with Crippen molar-refractivity contribution in [2.24, 2.45) is 0 Å². The molecule has 0 aliphatic heterocycles. The smallest absolute Gasteiger partial charge is 0.277 e. The Labute approximate surface area is 138 Å². The van der Waals surface area contributed by atoms with Gasteiger partial charge < -0.3 is 4.52 Å². The normalized spacial score (nSPS) is 12.7. The summed E-state index contributed by atoms with van der Waals surface area (Å²) in [4.78, 5) is 5.11. The molecule has 122 valence electrons. The van der Waals surface area contributed by atoms with Crippen LogP contribution in [-0.2, 0) is 15.4 Å². The van der Waals surface area contributed by atoms with E-state index in [4.69, 9.17) is 4.52 Å². The fraction of sp³-hybridized carbons (Fsp3) is 0.333. The molecule has 0 unspecified atom stereocenters. The Hall–Kier alpha value is -1.93. The third-order valence-corrected chi connectivity index (χ3v) is 6.01. The molecule has 1 aromatic carbocycles. The van der Waals surface area contributed by atoms with Gasteiger partial charge >= 0.3 is 0 Å². The number of aromatic nitrogens is 2. The predicted octanol–water partition coefficient (Wildman–Crippen LogP) is 3.69. The molecule has 0 saturated carbocycles. The predicted molar refractivity (Wildman–Crippen MR) is 90.4 cm³/mol. The van der Waals surface area contributed by atoms with E-state index in [-0.39, 0.29) is 16.3 Å². The highest BCUT2D eigenvalue weighted by atomic mass is 32.2. The van der Waals surface area contributed by atoms with Gasteiger partial charge in [0, 0.05) is 20.4 Å². The highest BCUT2D eigenvalue weighted by molar-refractivity contribution is 7.93. The van der Waals surface area contributed by atoms with Crippen LogP contribution in [0.3, 0.4) is 0 Å². The average molecular weight is 351 g/mol. The zero-order chi connectivity index (χ0) is 16.8. The molecule has 6 nitrogen and oxygen atoms in total. The van der Waals surface area contributed by atoms with Crippen molar-refractivity contribution in [1.29, 1.82) is 0 Å². The van der Waals surface area contributed by atoms with E-state index in [9.17, 15) is 8.42 Å². The van der Waals surface area contributed by atoms with Crippen LogP contribution in [0.15, 0.2) is 33.7 Å². The van der Waals surface area contributed by atoms with Crippen molar-refractivity contribution in [2.45, 2.75) is 38.0 Å². The first-order valence-electron chi connectivity index (χ1n) is 7.03. The van der Waals surface area contributed by atoms with E-state index < -0.39 is 10.0 Å². The van der Waals surface area contributed by atoms with E-state index in [1.165, 1.54) is 11.3 Å². The Morgan fingerprint density at radius 1 is 1.22 bits per heavy atom. The minimum Gasteiger partial charge on any atom is -0.337 e. The number of anilines is 1. The van der Waals surface area contributed by atoms with Crippen molar-refractivity contribution in [2.75, 3.05) is 4.72 Å². The fourth-order valence-corrected chi connectivity index (χ4v) is 4.97. The van der Waals surface area contributed by atoms with Crippen molar-refractivity contribution in [3.8, 4) is 0 Å². The molecule has 0 amide bonds. The first kappa shape index (κ1) is 15.9. The Kier molecular flexibility index (Phi) is 3.68. The van der Waals surface area contributed by atoms with Crippen LogP contribution in [0.4, 0.5) is 5.95 Å². The van der Waals surface area contributed by atoms with E-state index in [0.717, 1.165) is 9.58 Å². The number of aryl methyl sites for hydroxylation is 1. The minimum atomic E-state index is -3.78. The maximum Gasteiger partial charge on any atom is 0.277 e. The van der Waals surface area contributed by atoms with Crippen molar-refractivity contribution in [3.05, 3.63) is 35.0 Å². The zero-order valence-corrected chi connectivity index (χ0v) is 14.9. The van der Waals surface area contributed by atoms with E-state index in [0.29, 0.717) is 11.3 Å². The number of nitrogens with one attached hydrogen (secondary N) is 1. The molecule has 2 heterocycles. The van der Waals surface area contributed by atoms with Gasteiger partial charge in [0.25, 0.3) is 16.0 Å². The summed E-state index contributed by atoms with van der Waals surface area (Å²) < 4.78 is 33.9. The summed E-state index contributed by atoms with van der Waals surface area (Å²) in [7, 11) is -3.78. The summed E-state index contributed by atoms with van der Waals surface area (Å²) >= 11 is 1.44. The van der Waals surface area contributed by atoms with Gasteiger partial charge in [-0.1, -0.05) is 39.0 Å². The second kappa shape index (κ2) is 5.31. The van der Waals surface area contributed by atoms with Gasteiger partial charge in [-0.05, 0) is 18.1 Å². The highest BCUT2D eigenvalue weighted by Crippen LogP contribution is 2.34. The molecule has 2 aromatic heterocycles. The van der Waals surface area contributed by atoms with Gasteiger partial charge in [-0.3, -0.25) is 0 Å². The SMILES string of the molecule is Cc1sc2ccccc2c1S(=O)(=O)Nc1noc(C(C)(C)C)n1. The molecule has 0 aliphatic carbocycles. The minimum absolute atomic E-state index is 0.0513. The highest BCUT2D eigenvalue weighted by Gasteiger charge is 2.26. The third-order valence-electron chi connectivity index (χ3n) is 3.28. The van der Waals surface area contributed by atoms with Crippen molar-refractivity contribution in [1.82, 2.24) is 10.1 Å². The molecule has 3 aromatic rings. The van der Waals surface area contributed by atoms with Crippen LogP contribution >= 0.6 is 11.3 Å². The lowest BCUT2D eigenvalue weighted by atomic mass is 9.97. The Morgan fingerprint density at radius 3 is 2.57 bits per heavy atom. The summed E-state index contributed by atoms with van der Waals surface area (Å²) in [6.45, 7) is 7.52. The molecule has 8 heteroatoms. The van der Waals surface area contributed by atoms with E-state index in [1.807, 2.05) is 39.0 Å². The molecule has 0 aliphatic rings. The molecule has 0 atom stereocenters. The summed E-state index contributed by atoms with van der Waals surface area (Å²) in [5, 5.41) is 4.41. The molecule has 0 saturated heterocycles. The lowest BCUT2D eigenvalue weighted by Gasteiger charge is -2.10. The van der Waals surface area contributed by atoms with Crippen LogP contribution in [0.25, 0.3) is 10.1 Å². The molecular weight excluding hydrogens is 334 g/mol. The van der Waals surface area contributed by atoms with E-state index in [2.05, 4.69) is 14.9 Å². The topological polar surface area (TPSA) is 85.1 Å². The number of thiophene rings is 1. The first-order valence-corrected chi connectivity index (χ1v) is 9.33. The summed E-state index contributed by atoms with van der Waals surface area (Å²) in [5.41, 5.74) is -0.346. The Morgan fingerprint density at radius 2 is 1.91 bits per heavy atom. The van der Waals surface area contributed by atoms with Gasteiger partial charge in [0.1, 0.15) is 4.90 Å². The van der Waals surface area contributed by atoms with Gasteiger partial charge in [-0.2, -0.15) is 4.98 Å². The number of sulfonamides is 1. The van der Waals surface area contributed by atoms with Crippen LogP contribution in [0.1, 0.15) is 31.5 Å². The van der Waals surface area contributed by atoms with Crippen molar-refractivity contribution < 1.29 is 12.9 Å². The first-order chi connectivity index (χ1) is 10.7. The molecule has 0 radical (unpaired) electrons. The Bertz CT molecular complexity index is 965. The van der Waals surface area contributed by atoms with Gasteiger partial charge in [-0.25, -0.2) is 13.1 Å². The van der Waals surface area contributed by atoms with Gasteiger partial charge in [0.2, 0.25) is 5.89 Å². The number of hydrogen-bond donors (Lipinski definition) is 1. The summed E-state index contributed by atoms with van der Waals surface area (Å²) in [5.74, 6) is 0.326. The van der Waals surface area contributed by atoms with Crippen LogP contribution in [0.2, 0.25) is 0 Å². The van der Waals surface area contributed by atoms with Gasteiger partial charge in [-0.15, -0.1) is 11.3 Å². The number of benzene rings is 1. The summed E-state index contributed by atoms with van der Waals surface area (Å²) in [6.07, 6.45) is 0. The lowest BCUT2D eigenvalue weighted by Crippen LogP contribution is -2.15. The van der Waals surface area contributed by atoms with Crippen molar-refractivity contribution in [3.63, 3.8) is 0 Å². The van der Waals surface area contributed by atoms with Crippen LogP contribution < -0.4 is 4.72 Å². The monoisotopic (exact) mass is 351 g/mol. The molecule has 0 bridgehead atoms. The number of hydrogen-bond acceptors (Lipinski definition) is 6. The average Bonchev–Trinajstić information content (AvgIpc) is 3.00. The molecule has 0 spiro atoms. The largest absolute Gasteiger partial charge is 0.337 e. The fourth-order valence-electron chi connectivity index (χ4n) is 2.22. The third kappa shape index (κ3) is 2.96. The molecule has 23 heavy (non-hydrogen) atoms. The molecule has 0 fully saturated rings. The van der Waals surface area contributed by atoms with E-state index in [1.54, 1.807) is 13.0 Å². The molecule has 3 rings (SSSR count). The quantitative estimate of drug-likeness (QED) is 0.778. The second-order valence-electron chi connectivity index (χ2n) is 6.26. The molecular formula is C15H17N3O3S2. The number of rotatable bonds is 3. The second-order valence-corrected chi connectivity index (χ2v) is 9.14. The van der Waals surface area contributed by atoms with Crippen molar-refractivity contribution >= 4 is 37.4 Å². The Balaban J connectivity index is 2.01. The van der Waals surface area contributed by atoms with Crippen LogP contribution in [0.5, 0.6) is 0 Å².